The van der Waals surface area contributed by atoms with Gasteiger partial charge in [-0.1, -0.05) is 18.7 Å². The van der Waals surface area contributed by atoms with E-state index in [1.54, 1.807) is 0 Å². The van der Waals surface area contributed by atoms with Crippen LogP contribution in [0.5, 0.6) is 0 Å². The van der Waals surface area contributed by atoms with Crippen molar-refractivity contribution >= 4 is 0 Å². The normalized spacial score (nSPS) is 22.1. The number of hydrogen-bond acceptors (Lipinski definition) is 1. The lowest BCUT2D eigenvalue weighted by Gasteiger charge is -2.06. The maximum Gasteiger partial charge on any atom is 0.0988 e. The van der Waals surface area contributed by atoms with Gasteiger partial charge in [-0.2, -0.15) is 5.26 Å². The Labute approximate surface area is 67.3 Å². The van der Waals surface area contributed by atoms with Crippen LogP contribution in [0.2, 0.25) is 0 Å². The van der Waals surface area contributed by atoms with Gasteiger partial charge in [-0.05, 0) is 18.4 Å². The molecule has 1 aliphatic carbocycles. The molecule has 0 heterocycles. The summed E-state index contributed by atoms with van der Waals surface area (Å²) in [5.74, 6) is 0.363. The molecule has 0 radical (unpaired) electrons. The van der Waals surface area contributed by atoms with Gasteiger partial charge in [-0.25, -0.2) is 0 Å². The third-order valence-electron chi connectivity index (χ3n) is 2.01. The minimum atomic E-state index is 0.363. The fourth-order valence-electron chi connectivity index (χ4n) is 1.38. The van der Waals surface area contributed by atoms with Gasteiger partial charge < -0.3 is 0 Å². The molecule has 0 aliphatic heterocycles. The molecule has 0 amide bonds. The fourth-order valence-corrected chi connectivity index (χ4v) is 1.38. The number of nitrogens with zero attached hydrogens (tertiary/aromatic N) is 1. The van der Waals surface area contributed by atoms with Crippen LogP contribution < -0.4 is 0 Å². The van der Waals surface area contributed by atoms with Gasteiger partial charge in [-0.15, -0.1) is 6.58 Å². The summed E-state index contributed by atoms with van der Waals surface area (Å²) in [6.45, 7) is 7.39. The highest BCUT2D eigenvalue weighted by Crippen LogP contribution is 2.30. The molecule has 0 saturated carbocycles. The van der Waals surface area contributed by atoms with Gasteiger partial charge in [0.25, 0.3) is 0 Å². The summed E-state index contributed by atoms with van der Waals surface area (Å²) in [6.07, 6.45) is 6.10. The first-order valence-corrected chi connectivity index (χ1v) is 3.71. The van der Waals surface area contributed by atoms with Crippen LogP contribution >= 0.6 is 0 Å². The smallest absolute Gasteiger partial charge is 0.0988 e. The van der Waals surface area contributed by atoms with Crippen molar-refractivity contribution in [3.63, 3.8) is 0 Å². The minimum absolute atomic E-state index is 0.363. The van der Waals surface area contributed by atoms with Gasteiger partial charge in [0.15, 0.2) is 0 Å². The largest absolute Gasteiger partial charge is 0.192 e. The molecular weight excluding hydrogens is 134 g/mol. The van der Waals surface area contributed by atoms with E-state index in [4.69, 9.17) is 5.26 Å². The Morgan fingerprint density at radius 3 is 3.09 bits per heavy atom. The van der Waals surface area contributed by atoms with Gasteiger partial charge >= 0.3 is 0 Å². The molecule has 0 saturated heterocycles. The quantitative estimate of drug-likeness (QED) is 0.432. The molecule has 0 fully saturated rings. The molecule has 0 spiro atoms. The third-order valence-corrected chi connectivity index (χ3v) is 2.01. The van der Waals surface area contributed by atoms with Gasteiger partial charge in [-0.3, -0.25) is 0 Å². The Hall–Kier alpha value is -1.29. The summed E-state index contributed by atoms with van der Waals surface area (Å²) in [7, 11) is 0. The molecule has 1 aliphatic rings. The van der Waals surface area contributed by atoms with E-state index in [2.05, 4.69) is 25.3 Å². The maximum atomic E-state index is 8.58. The van der Waals surface area contributed by atoms with Crippen LogP contribution in [0.25, 0.3) is 0 Å². The summed E-state index contributed by atoms with van der Waals surface area (Å²) in [6, 6.07) is 2.06. The molecule has 1 atom stereocenters. The molecule has 1 nitrogen and oxygen atoms in total. The second kappa shape index (κ2) is 3.21. The van der Waals surface area contributed by atoms with Gasteiger partial charge in [0.1, 0.15) is 0 Å². The van der Waals surface area contributed by atoms with E-state index >= 15 is 0 Å². The number of rotatable bonds is 2. The summed E-state index contributed by atoms with van der Waals surface area (Å²) < 4.78 is 0. The molecule has 0 aromatic carbocycles. The second-order valence-corrected chi connectivity index (χ2v) is 2.67. The van der Waals surface area contributed by atoms with Crippen molar-refractivity contribution in [3.8, 4) is 6.07 Å². The highest BCUT2D eigenvalue weighted by molar-refractivity contribution is 5.44. The molecule has 1 rings (SSSR count). The van der Waals surface area contributed by atoms with Crippen LogP contribution in [-0.4, -0.2) is 0 Å². The van der Waals surface area contributed by atoms with Crippen LogP contribution in [0, 0.1) is 17.2 Å². The van der Waals surface area contributed by atoms with Crippen molar-refractivity contribution in [2.75, 3.05) is 0 Å². The van der Waals surface area contributed by atoms with Gasteiger partial charge in [0.2, 0.25) is 0 Å². The highest BCUT2D eigenvalue weighted by atomic mass is 14.3. The summed E-state index contributed by atoms with van der Waals surface area (Å²) >= 11 is 0. The SMILES string of the molecule is C=CC1CCC=C1C(=C)C#N. The average molecular weight is 145 g/mol. The highest BCUT2D eigenvalue weighted by Gasteiger charge is 2.17. The lowest BCUT2D eigenvalue weighted by Crippen LogP contribution is -1.95. The lowest BCUT2D eigenvalue weighted by atomic mass is 9.97. The molecule has 0 aromatic heterocycles. The minimum Gasteiger partial charge on any atom is -0.192 e. The Morgan fingerprint density at radius 1 is 1.82 bits per heavy atom. The topological polar surface area (TPSA) is 23.8 Å². The standard InChI is InChI=1S/C10H11N/c1-3-9-5-4-6-10(9)8(2)7-11/h3,6,9H,1-2,4-5H2. The Balaban J connectivity index is 2.80. The lowest BCUT2D eigenvalue weighted by molar-refractivity contribution is 0.751. The van der Waals surface area contributed by atoms with E-state index in [1.807, 2.05) is 6.08 Å². The van der Waals surface area contributed by atoms with Crippen molar-refractivity contribution in [2.45, 2.75) is 12.8 Å². The predicted octanol–water partition coefficient (Wildman–Crippen LogP) is 2.59. The summed E-state index contributed by atoms with van der Waals surface area (Å²) in [5.41, 5.74) is 1.66. The van der Waals surface area contributed by atoms with E-state index in [0.717, 1.165) is 18.4 Å². The van der Waals surface area contributed by atoms with E-state index in [9.17, 15) is 0 Å². The molecule has 1 heteroatoms. The van der Waals surface area contributed by atoms with E-state index < -0.39 is 0 Å². The van der Waals surface area contributed by atoms with Gasteiger partial charge in [0.05, 0.1) is 6.07 Å². The molecule has 0 bridgehead atoms. The van der Waals surface area contributed by atoms with E-state index in [0.29, 0.717) is 11.5 Å². The Kier molecular flexibility index (Phi) is 2.28. The first kappa shape index (κ1) is 7.81. The fraction of sp³-hybridized carbons (Fsp3) is 0.300. The zero-order chi connectivity index (χ0) is 8.27. The zero-order valence-electron chi connectivity index (χ0n) is 6.51. The van der Waals surface area contributed by atoms with Crippen LogP contribution in [-0.2, 0) is 0 Å². The van der Waals surface area contributed by atoms with Crippen LogP contribution in [0.1, 0.15) is 12.8 Å². The average Bonchev–Trinajstić information content (AvgIpc) is 2.50. The number of hydrogen-bond donors (Lipinski definition) is 0. The van der Waals surface area contributed by atoms with Crippen LogP contribution in [0.4, 0.5) is 0 Å². The van der Waals surface area contributed by atoms with E-state index in [-0.39, 0.29) is 0 Å². The summed E-state index contributed by atoms with van der Waals surface area (Å²) in [5, 5.41) is 8.58. The second-order valence-electron chi connectivity index (χ2n) is 2.67. The first-order valence-electron chi connectivity index (χ1n) is 3.71. The summed E-state index contributed by atoms with van der Waals surface area (Å²) in [4.78, 5) is 0. The third kappa shape index (κ3) is 1.40. The molecule has 0 N–H and O–H groups in total. The van der Waals surface area contributed by atoms with Crippen molar-refractivity contribution in [1.29, 1.82) is 5.26 Å². The van der Waals surface area contributed by atoms with Crippen molar-refractivity contribution < 1.29 is 0 Å². The molecule has 1 unspecified atom stereocenters. The Morgan fingerprint density at radius 2 is 2.55 bits per heavy atom. The van der Waals surface area contributed by atoms with Crippen molar-refractivity contribution in [2.24, 2.45) is 5.92 Å². The van der Waals surface area contributed by atoms with Crippen molar-refractivity contribution in [1.82, 2.24) is 0 Å². The zero-order valence-corrected chi connectivity index (χ0v) is 6.51. The molecule has 56 valence electrons. The van der Waals surface area contributed by atoms with Gasteiger partial charge in [0, 0.05) is 11.5 Å². The molecular formula is C10H11N. The number of allylic oxidation sites excluding steroid dienone is 4. The van der Waals surface area contributed by atoms with Crippen molar-refractivity contribution in [3.05, 3.63) is 36.5 Å². The maximum absolute atomic E-state index is 8.58. The first-order chi connectivity index (χ1) is 5.29. The number of nitriles is 1. The van der Waals surface area contributed by atoms with E-state index in [1.165, 1.54) is 0 Å². The van der Waals surface area contributed by atoms with Crippen LogP contribution in [0.3, 0.4) is 0 Å². The van der Waals surface area contributed by atoms with Crippen LogP contribution in [0.15, 0.2) is 36.5 Å². The molecule has 11 heavy (non-hydrogen) atoms. The predicted molar refractivity (Wildman–Crippen MR) is 45.8 cm³/mol. The Bertz CT molecular complexity index is 253. The monoisotopic (exact) mass is 145 g/mol. The molecule has 0 aromatic rings.